The van der Waals surface area contributed by atoms with Gasteiger partial charge in [-0.05, 0) is 44.9 Å². The molecule has 0 saturated carbocycles. The predicted molar refractivity (Wildman–Crippen MR) is 77.9 cm³/mol. The zero-order valence-corrected chi connectivity index (χ0v) is 12.1. The molecule has 0 fully saturated rings. The third kappa shape index (κ3) is 4.31. The smallest absolute Gasteiger partial charge is 0.0639 e. The van der Waals surface area contributed by atoms with E-state index in [0.717, 1.165) is 19.5 Å². The van der Waals surface area contributed by atoms with E-state index in [0.29, 0.717) is 6.54 Å². The molecule has 0 radical (unpaired) electrons. The van der Waals surface area contributed by atoms with Gasteiger partial charge in [0.05, 0.1) is 5.60 Å². The first-order chi connectivity index (χ1) is 8.52. The molecule has 0 spiro atoms. The molecule has 0 aromatic heterocycles. The van der Waals surface area contributed by atoms with Crippen LogP contribution in [0.25, 0.3) is 0 Å². The van der Waals surface area contributed by atoms with Crippen molar-refractivity contribution >= 4 is 5.69 Å². The van der Waals surface area contributed by atoms with Crippen molar-refractivity contribution in [1.82, 2.24) is 0 Å². The van der Waals surface area contributed by atoms with Crippen molar-refractivity contribution in [2.24, 2.45) is 5.73 Å². The normalized spacial score (nSPS) is 11.6. The third-order valence-corrected chi connectivity index (χ3v) is 3.46. The molecule has 0 saturated heterocycles. The van der Waals surface area contributed by atoms with E-state index in [-0.39, 0.29) is 5.60 Å². The molecule has 0 atom stereocenters. The maximum absolute atomic E-state index is 5.61. The average Bonchev–Trinajstić information content (AvgIpc) is 2.40. The number of nitrogens with two attached hydrogens (primary N) is 1. The standard InChI is InChI=1S/C15H26N2O/c1-5-17(11-10-15(2,3)18-4)14-8-6-13(12-16)7-9-14/h6-9H,5,10-12,16H2,1-4H3. The molecule has 1 aromatic carbocycles. The SMILES string of the molecule is CCN(CCC(C)(C)OC)c1ccc(CN)cc1. The molecule has 0 unspecified atom stereocenters. The van der Waals surface area contributed by atoms with Gasteiger partial charge in [-0.3, -0.25) is 0 Å². The summed E-state index contributed by atoms with van der Waals surface area (Å²) >= 11 is 0. The Labute approximate surface area is 111 Å². The minimum atomic E-state index is -0.0649. The van der Waals surface area contributed by atoms with Gasteiger partial charge in [0.15, 0.2) is 0 Å². The lowest BCUT2D eigenvalue weighted by Crippen LogP contribution is -2.32. The van der Waals surface area contributed by atoms with Crippen LogP contribution in [0.4, 0.5) is 5.69 Å². The van der Waals surface area contributed by atoms with Crippen molar-refractivity contribution < 1.29 is 4.74 Å². The van der Waals surface area contributed by atoms with E-state index < -0.39 is 0 Å². The summed E-state index contributed by atoms with van der Waals surface area (Å²) in [4.78, 5) is 2.36. The van der Waals surface area contributed by atoms with Crippen molar-refractivity contribution in [3.05, 3.63) is 29.8 Å². The fraction of sp³-hybridized carbons (Fsp3) is 0.600. The molecule has 0 aliphatic heterocycles. The van der Waals surface area contributed by atoms with Gasteiger partial charge in [-0.2, -0.15) is 0 Å². The first-order valence-electron chi connectivity index (χ1n) is 6.61. The van der Waals surface area contributed by atoms with Crippen LogP contribution in [0.5, 0.6) is 0 Å². The second kappa shape index (κ2) is 6.76. The second-order valence-electron chi connectivity index (χ2n) is 5.16. The van der Waals surface area contributed by atoms with E-state index in [9.17, 15) is 0 Å². The zero-order valence-electron chi connectivity index (χ0n) is 12.1. The Morgan fingerprint density at radius 2 is 1.83 bits per heavy atom. The van der Waals surface area contributed by atoms with E-state index in [1.54, 1.807) is 7.11 Å². The van der Waals surface area contributed by atoms with Crippen molar-refractivity contribution in [1.29, 1.82) is 0 Å². The van der Waals surface area contributed by atoms with Gasteiger partial charge in [-0.25, -0.2) is 0 Å². The second-order valence-corrected chi connectivity index (χ2v) is 5.16. The van der Waals surface area contributed by atoms with Gasteiger partial charge in [0.1, 0.15) is 0 Å². The summed E-state index contributed by atoms with van der Waals surface area (Å²) in [7, 11) is 1.77. The lowest BCUT2D eigenvalue weighted by atomic mass is 10.0. The molecule has 102 valence electrons. The van der Waals surface area contributed by atoms with E-state index in [1.807, 2.05) is 0 Å². The van der Waals surface area contributed by atoms with E-state index in [4.69, 9.17) is 10.5 Å². The number of nitrogens with zero attached hydrogens (tertiary/aromatic N) is 1. The van der Waals surface area contributed by atoms with Gasteiger partial charge < -0.3 is 15.4 Å². The van der Waals surface area contributed by atoms with Crippen molar-refractivity contribution in [2.45, 2.75) is 39.3 Å². The number of hydrogen-bond acceptors (Lipinski definition) is 3. The van der Waals surface area contributed by atoms with Gasteiger partial charge in [0, 0.05) is 32.4 Å². The van der Waals surface area contributed by atoms with Crippen molar-refractivity contribution in [3.8, 4) is 0 Å². The van der Waals surface area contributed by atoms with Crippen LogP contribution in [0.3, 0.4) is 0 Å². The number of rotatable bonds is 7. The van der Waals surface area contributed by atoms with Crippen molar-refractivity contribution in [2.75, 3.05) is 25.1 Å². The molecule has 3 heteroatoms. The van der Waals surface area contributed by atoms with Crippen LogP contribution in [0.1, 0.15) is 32.8 Å². The van der Waals surface area contributed by atoms with Crippen LogP contribution in [0.15, 0.2) is 24.3 Å². The summed E-state index contributed by atoms with van der Waals surface area (Å²) in [6.07, 6.45) is 1.01. The van der Waals surface area contributed by atoms with Gasteiger partial charge in [-0.15, -0.1) is 0 Å². The Morgan fingerprint density at radius 3 is 2.28 bits per heavy atom. The first kappa shape index (κ1) is 15.0. The average molecular weight is 250 g/mol. The Bertz CT molecular complexity index is 346. The van der Waals surface area contributed by atoms with Gasteiger partial charge in [0.2, 0.25) is 0 Å². The molecule has 0 bridgehead atoms. The zero-order chi connectivity index (χ0) is 13.6. The van der Waals surface area contributed by atoms with Crippen LogP contribution in [-0.4, -0.2) is 25.8 Å². The van der Waals surface area contributed by atoms with E-state index in [1.165, 1.54) is 11.3 Å². The Kier molecular flexibility index (Phi) is 5.63. The van der Waals surface area contributed by atoms with Gasteiger partial charge in [0.25, 0.3) is 0 Å². The minimum Gasteiger partial charge on any atom is -0.379 e. The monoisotopic (exact) mass is 250 g/mol. The molecule has 0 aliphatic rings. The Balaban J connectivity index is 2.65. The maximum Gasteiger partial charge on any atom is 0.0639 e. The molecule has 2 N–H and O–H groups in total. The quantitative estimate of drug-likeness (QED) is 0.808. The molecule has 0 heterocycles. The number of hydrogen-bond donors (Lipinski definition) is 1. The lowest BCUT2D eigenvalue weighted by molar-refractivity contribution is 0.0172. The highest BCUT2D eigenvalue weighted by Gasteiger charge is 2.17. The first-order valence-corrected chi connectivity index (χ1v) is 6.61. The molecular weight excluding hydrogens is 224 g/mol. The van der Waals surface area contributed by atoms with Crippen LogP contribution < -0.4 is 10.6 Å². The topological polar surface area (TPSA) is 38.5 Å². The van der Waals surface area contributed by atoms with Gasteiger partial charge >= 0.3 is 0 Å². The lowest BCUT2D eigenvalue weighted by Gasteiger charge is -2.29. The number of anilines is 1. The van der Waals surface area contributed by atoms with E-state index >= 15 is 0 Å². The largest absolute Gasteiger partial charge is 0.379 e. The van der Waals surface area contributed by atoms with Crippen LogP contribution in [0, 0.1) is 0 Å². The molecular formula is C15H26N2O. The summed E-state index contributed by atoms with van der Waals surface area (Å²) in [5.41, 5.74) is 7.97. The van der Waals surface area contributed by atoms with Crippen LogP contribution in [0.2, 0.25) is 0 Å². The summed E-state index contributed by atoms with van der Waals surface area (Å²) in [6, 6.07) is 8.48. The number of ether oxygens (including phenoxy) is 1. The fourth-order valence-electron chi connectivity index (χ4n) is 1.82. The summed E-state index contributed by atoms with van der Waals surface area (Å²) in [6.45, 7) is 9.03. The van der Waals surface area contributed by atoms with Crippen LogP contribution in [-0.2, 0) is 11.3 Å². The minimum absolute atomic E-state index is 0.0649. The van der Waals surface area contributed by atoms with Crippen LogP contribution >= 0.6 is 0 Å². The molecule has 18 heavy (non-hydrogen) atoms. The number of benzene rings is 1. The molecule has 1 aromatic rings. The summed E-state index contributed by atoms with van der Waals surface area (Å²) in [5.74, 6) is 0. The molecule has 3 nitrogen and oxygen atoms in total. The predicted octanol–water partition coefficient (Wildman–Crippen LogP) is 2.79. The summed E-state index contributed by atoms with van der Waals surface area (Å²) in [5, 5.41) is 0. The molecule has 0 amide bonds. The fourth-order valence-corrected chi connectivity index (χ4v) is 1.82. The Morgan fingerprint density at radius 1 is 1.22 bits per heavy atom. The summed E-state index contributed by atoms with van der Waals surface area (Å²) < 4.78 is 5.46. The third-order valence-electron chi connectivity index (χ3n) is 3.46. The molecule has 0 aliphatic carbocycles. The highest BCUT2D eigenvalue weighted by molar-refractivity contribution is 5.47. The Hall–Kier alpha value is -1.06. The van der Waals surface area contributed by atoms with E-state index in [2.05, 4.69) is 49.9 Å². The van der Waals surface area contributed by atoms with Gasteiger partial charge in [-0.1, -0.05) is 12.1 Å². The molecule has 1 rings (SSSR count). The highest BCUT2D eigenvalue weighted by Crippen LogP contribution is 2.19. The van der Waals surface area contributed by atoms with Crippen molar-refractivity contribution in [3.63, 3.8) is 0 Å². The maximum atomic E-state index is 5.61. The number of methoxy groups -OCH3 is 1. The highest BCUT2D eigenvalue weighted by atomic mass is 16.5.